The molecule has 4 nitrogen and oxygen atoms in total. The number of hydrogen-bond donors (Lipinski definition) is 1. The molecule has 0 fully saturated rings. The molecule has 1 aromatic carbocycles. The van der Waals surface area contributed by atoms with Crippen LogP contribution >= 0.6 is 0 Å². The van der Waals surface area contributed by atoms with Gasteiger partial charge in [-0.3, -0.25) is 0 Å². The fourth-order valence-electron chi connectivity index (χ4n) is 1.46. The van der Waals surface area contributed by atoms with E-state index in [-0.39, 0.29) is 16.9 Å². The van der Waals surface area contributed by atoms with Crippen LogP contribution in [0.5, 0.6) is 0 Å². The van der Waals surface area contributed by atoms with Crippen LogP contribution in [-0.2, 0) is 4.74 Å². The van der Waals surface area contributed by atoms with Crippen molar-refractivity contribution >= 4 is 17.3 Å². The van der Waals surface area contributed by atoms with Crippen LogP contribution in [0, 0.1) is 5.82 Å². The van der Waals surface area contributed by atoms with Crippen LogP contribution in [0.1, 0.15) is 10.4 Å². The van der Waals surface area contributed by atoms with E-state index in [9.17, 15) is 18.0 Å². The Morgan fingerprint density at radius 2 is 2.11 bits per heavy atom. The number of methoxy groups -OCH3 is 1. The fraction of sp³-hybridized carbons (Fsp3) is 0.364. The summed E-state index contributed by atoms with van der Waals surface area (Å²) in [6, 6.07) is 2.00. The van der Waals surface area contributed by atoms with Gasteiger partial charge < -0.3 is 15.4 Å². The highest BCUT2D eigenvalue weighted by atomic mass is 19.3. The molecule has 0 aliphatic carbocycles. The van der Waals surface area contributed by atoms with E-state index in [0.717, 1.165) is 24.1 Å². The molecule has 0 saturated carbocycles. The number of carbonyl (C=O) groups excluding carboxylic acids is 1. The van der Waals surface area contributed by atoms with Gasteiger partial charge in [-0.25, -0.2) is 18.0 Å². The van der Waals surface area contributed by atoms with Crippen LogP contribution in [0.4, 0.5) is 24.5 Å². The number of rotatable bonds is 4. The summed E-state index contributed by atoms with van der Waals surface area (Å²) in [5, 5.41) is 0. The van der Waals surface area contributed by atoms with Gasteiger partial charge >= 0.3 is 5.97 Å². The van der Waals surface area contributed by atoms with E-state index in [0.29, 0.717) is 0 Å². The lowest BCUT2D eigenvalue weighted by atomic mass is 10.1. The lowest BCUT2D eigenvalue weighted by Crippen LogP contribution is -2.25. The lowest BCUT2D eigenvalue weighted by molar-refractivity contribution is 0.0602. The molecule has 0 amide bonds. The number of nitrogen functional groups attached to an aromatic ring is 1. The summed E-state index contributed by atoms with van der Waals surface area (Å²) in [7, 11) is 2.44. The van der Waals surface area contributed by atoms with E-state index in [1.54, 1.807) is 0 Å². The molecule has 0 heterocycles. The Morgan fingerprint density at radius 3 is 2.61 bits per heavy atom. The third-order valence-corrected chi connectivity index (χ3v) is 2.35. The Labute approximate surface area is 102 Å². The molecule has 0 radical (unpaired) electrons. The van der Waals surface area contributed by atoms with Gasteiger partial charge in [0.15, 0.2) is 0 Å². The standard InChI is InChI=1S/C11H13F3N2O2/c1-16(5-10(13)14)9-3-6(11(17)18-2)8(15)4-7(9)12/h3-4,10H,5,15H2,1-2H3. The number of carbonyl (C=O) groups is 1. The number of nitrogens with two attached hydrogens (primary N) is 1. The van der Waals surface area contributed by atoms with E-state index in [1.807, 2.05) is 0 Å². The Bertz CT molecular complexity index is 452. The summed E-state index contributed by atoms with van der Waals surface area (Å²) in [6.45, 7) is -0.651. The van der Waals surface area contributed by atoms with E-state index in [1.165, 1.54) is 7.05 Å². The third kappa shape index (κ3) is 3.06. The zero-order chi connectivity index (χ0) is 13.9. The van der Waals surface area contributed by atoms with E-state index in [4.69, 9.17) is 5.73 Å². The number of nitrogens with zero attached hydrogens (tertiary/aromatic N) is 1. The molecule has 100 valence electrons. The summed E-state index contributed by atoms with van der Waals surface area (Å²) < 4.78 is 42.5. The van der Waals surface area contributed by atoms with Crippen LogP contribution < -0.4 is 10.6 Å². The predicted octanol–water partition coefficient (Wildman–Crippen LogP) is 1.90. The minimum absolute atomic E-state index is 0.0602. The van der Waals surface area contributed by atoms with Crippen molar-refractivity contribution in [3.05, 3.63) is 23.5 Å². The summed E-state index contributed by atoms with van der Waals surface area (Å²) in [4.78, 5) is 12.4. The van der Waals surface area contributed by atoms with E-state index in [2.05, 4.69) is 4.74 Å². The number of hydrogen-bond acceptors (Lipinski definition) is 4. The summed E-state index contributed by atoms with van der Waals surface area (Å²) in [5.41, 5.74) is 5.16. The molecule has 1 rings (SSSR count). The summed E-state index contributed by atoms with van der Waals surface area (Å²) >= 11 is 0. The number of benzene rings is 1. The second-order valence-electron chi connectivity index (χ2n) is 3.65. The van der Waals surface area contributed by atoms with Crippen molar-refractivity contribution in [2.24, 2.45) is 0 Å². The zero-order valence-electron chi connectivity index (χ0n) is 9.91. The molecule has 2 N–H and O–H groups in total. The molecule has 0 saturated heterocycles. The van der Waals surface area contributed by atoms with E-state index < -0.39 is 24.8 Å². The van der Waals surface area contributed by atoms with Gasteiger partial charge in [-0.05, 0) is 12.1 Å². The van der Waals surface area contributed by atoms with Crippen LogP contribution in [0.25, 0.3) is 0 Å². The normalized spacial score (nSPS) is 10.6. The quantitative estimate of drug-likeness (QED) is 0.665. The van der Waals surface area contributed by atoms with Gasteiger partial charge in [0.1, 0.15) is 5.82 Å². The van der Waals surface area contributed by atoms with Crippen molar-refractivity contribution in [1.82, 2.24) is 0 Å². The van der Waals surface area contributed by atoms with Gasteiger partial charge in [-0.1, -0.05) is 0 Å². The largest absolute Gasteiger partial charge is 0.465 e. The second kappa shape index (κ2) is 5.61. The predicted molar refractivity (Wildman–Crippen MR) is 61.4 cm³/mol. The van der Waals surface area contributed by atoms with Crippen LogP contribution in [0.2, 0.25) is 0 Å². The molecule has 0 aliphatic rings. The molecule has 0 aromatic heterocycles. The minimum Gasteiger partial charge on any atom is -0.465 e. The first-order valence-electron chi connectivity index (χ1n) is 5.03. The number of ether oxygens (including phenoxy) is 1. The SMILES string of the molecule is COC(=O)c1cc(N(C)CC(F)F)c(F)cc1N. The van der Waals surface area contributed by atoms with Gasteiger partial charge in [0.2, 0.25) is 0 Å². The minimum atomic E-state index is -2.62. The summed E-state index contributed by atoms with van der Waals surface area (Å²) in [5.74, 6) is -1.53. The van der Waals surface area contributed by atoms with Gasteiger partial charge in [0.05, 0.1) is 24.9 Å². The van der Waals surface area contributed by atoms with Crippen molar-refractivity contribution in [3.63, 3.8) is 0 Å². The highest BCUT2D eigenvalue weighted by Gasteiger charge is 2.18. The maximum absolute atomic E-state index is 13.6. The molecular weight excluding hydrogens is 249 g/mol. The molecule has 1 aromatic rings. The maximum atomic E-state index is 13.6. The highest BCUT2D eigenvalue weighted by Crippen LogP contribution is 2.25. The molecular formula is C11H13F3N2O2. The number of alkyl halides is 2. The molecule has 0 unspecified atom stereocenters. The molecule has 0 atom stereocenters. The zero-order valence-corrected chi connectivity index (χ0v) is 9.91. The molecule has 7 heteroatoms. The maximum Gasteiger partial charge on any atom is 0.340 e. The van der Waals surface area contributed by atoms with Gasteiger partial charge in [0.25, 0.3) is 6.43 Å². The van der Waals surface area contributed by atoms with Crippen LogP contribution in [-0.4, -0.2) is 33.1 Å². The average Bonchev–Trinajstić information content (AvgIpc) is 2.27. The first kappa shape index (κ1) is 14.1. The van der Waals surface area contributed by atoms with Crippen molar-refractivity contribution in [2.45, 2.75) is 6.43 Å². The Kier molecular flexibility index (Phi) is 4.41. The van der Waals surface area contributed by atoms with Gasteiger partial charge in [-0.15, -0.1) is 0 Å². The Morgan fingerprint density at radius 1 is 1.50 bits per heavy atom. The molecule has 18 heavy (non-hydrogen) atoms. The fourth-order valence-corrected chi connectivity index (χ4v) is 1.46. The number of esters is 1. The molecule has 0 spiro atoms. The van der Waals surface area contributed by atoms with Crippen molar-refractivity contribution in [2.75, 3.05) is 31.3 Å². The van der Waals surface area contributed by atoms with Crippen molar-refractivity contribution < 1.29 is 22.7 Å². The smallest absolute Gasteiger partial charge is 0.340 e. The lowest BCUT2D eigenvalue weighted by Gasteiger charge is -2.20. The summed E-state index contributed by atoms with van der Waals surface area (Å²) in [6.07, 6.45) is -2.62. The number of halogens is 3. The number of anilines is 2. The second-order valence-corrected chi connectivity index (χ2v) is 3.65. The molecule has 0 aliphatic heterocycles. The Hall–Kier alpha value is -1.92. The first-order chi connectivity index (χ1) is 8.36. The van der Waals surface area contributed by atoms with Crippen LogP contribution in [0.15, 0.2) is 12.1 Å². The third-order valence-electron chi connectivity index (χ3n) is 2.35. The molecule has 0 bridgehead atoms. The van der Waals surface area contributed by atoms with Gasteiger partial charge in [0, 0.05) is 12.7 Å². The topological polar surface area (TPSA) is 55.6 Å². The van der Waals surface area contributed by atoms with E-state index >= 15 is 0 Å². The van der Waals surface area contributed by atoms with Crippen LogP contribution in [0.3, 0.4) is 0 Å². The monoisotopic (exact) mass is 262 g/mol. The van der Waals surface area contributed by atoms with Crippen molar-refractivity contribution in [1.29, 1.82) is 0 Å². The van der Waals surface area contributed by atoms with Gasteiger partial charge in [-0.2, -0.15) is 0 Å². The van der Waals surface area contributed by atoms with Crippen molar-refractivity contribution in [3.8, 4) is 0 Å². The first-order valence-corrected chi connectivity index (χ1v) is 5.03. The Balaban J connectivity index is 3.16. The highest BCUT2D eigenvalue weighted by molar-refractivity contribution is 5.96. The average molecular weight is 262 g/mol.